The van der Waals surface area contributed by atoms with Crippen LogP contribution in [0.5, 0.6) is 11.6 Å². The summed E-state index contributed by atoms with van der Waals surface area (Å²) in [6.07, 6.45) is 2.61. The van der Waals surface area contributed by atoms with Crippen LogP contribution in [0.25, 0.3) is 11.3 Å². The molecule has 0 unspecified atom stereocenters. The van der Waals surface area contributed by atoms with Gasteiger partial charge in [0.05, 0.1) is 18.5 Å². The lowest BCUT2D eigenvalue weighted by Crippen LogP contribution is -2.27. The Kier molecular flexibility index (Phi) is 8.27. The van der Waals surface area contributed by atoms with E-state index in [0.717, 1.165) is 16.7 Å². The Bertz CT molecular complexity index is 1600. The third-order valence-corrected chi connectivity index (χ3v) is 7.27. The van der Waals surface area contributed by atoms with Gasteiger partial charge in [0.15, 0.2) is 0 Å². The predicted octanol–water partition coefficient (Wildman–Crippen LogP) is 3.77. The summed E-state index contributed by atoms with van der Waals surface area (Å²) in [6, 6.07) is 12.6. The molecule has 2 aromatic carbocycles. The number of carbonyl (C=O) groups is 1. The summed E-state index contributed by atoms with van der Waals surface area (Å²) in [4.78, 5) is 21.5. The molecule has 2 heterocycles. The number of sulfonamides is 1. The van der Waals surface area contributed by atoms with Crippen molar-refractivity contribution in [2.75, 3.05) is 25.0 Å². The summed E-state index contributed by atoms with van der Waals surface area (Å²) < 4.78 is 41.0. The molecule has 2 aromatic heterocycles. The molecule has 204 valence electrons. The number of carbonyl (C=O) groups excluding carboxylic acids is 1. The quantitative estimate of drug-likeness (QED) is 0.285. The van der Waals surface area contributed by atoms with E-state index in [2.05, 4.69) is 25.1 Å². The maximum Gasteiger partial charge on any atom is 0.267 e. The van der Waals surface area contributed by atoms with Crippen molar-refractivity contribution in [2.24, 2.45) is 7.05 Å². The van der Waals surface area contributed by atoms with Gasteiger partial charge in [0.25, 0.3) is 15.9 Å². The molecule has 0 aliphatic heterocycles. The van der Waals surface area contributed by atoms with Gasteiger partial charge >= 0.3 is 0 Å². The highest BCUT2D eigenvalue weighted by Crippen LogP contribution is 2.32. The van der Waals surface area contributed by atoms with Crippen LogP contribution in [0, 0.1) is 20.8 Å². The summed E-state index contributed by atoms with van der Waals surface area (Å²) in [7, 11) is -0.832. The van der Waals surface area contributed by atoms with E-state index < -0.39 is 10.0 Å². The van der Waals surface area contributed by atoms with Crippen molar-refractivity contribution in [1.29, 1.82) is 0 Å². The second-order valence-corrected chi connectivity index (χ2v) is 10.6. The van der Waals surface area contributed by atoms with Crippen LogP contribution in [0.15, 0.2) is 59.8 Å². The molecule has 12 heteroatoms. The van der Waals surface area contributed by atoms with Crippen LogP contribution in [0.1, 0.15) is 27.0 Å². The highest BCUT2D eigenvalue weighted by Gasteiger charge is 2.21. The number of hydrogen-bond acceptors (Lipinski definition) is 8. The van der Waals surface area contributed by atoms with E-state index in [1.807, 2.05) is 32.0 Å². The van der Waals surface area contributed by atoms with Crippen LogP contribution < -0.4 is 14.8 Å². The third-order valence-electron chi connectivity index (χ3n) is 5.99. The molecule has 11 nitrogen and oxygen atoms in total. The Hall–Kier alpha value is -4.29. The zero-order valence-electron chi connectivity index (χ0n) is 22.3. The van der Waals surface area contributed by atoms with Crippen molar-refractivity contribution >= 4 is 21.9 Å². The summed E-state index contributed by atoms with van der Waals surface area (Å²) in [6.45, 7) is 6.41. The van der Waals surface area contributed by atoms with Gasteiger partial charge < -0.3 is 14.8 Å². The fourth-order valence-electron chi connectivity index (χ4n) is 4.03. The summed E-state index contributed by atoms with van der Waals surface area (Å²) in [5.41, 5.74) is 4.24. The van der Waals surface area contributed by atoms with Crippen LogP contribution in [0.2, 0.25) is 0 Å². The molecule has 4 rings (SSSR count). The molecule has 0 aliphatic rings. The van der Waals surface area contributed by atoms with Crippen molar-refractivity contribution in [3.8, 4) is 22.9 Å². The van der Waals surface area contributed by atoms with Crippen molar-refractivity contribution in [3.05, 3.63) is 77.1 Å². The summed E-state index contributed by atoms with van der Waals surface area (Å²) in [5, 5.41) is 6.73. The zero-order valence-corrected chi connectivity index (χ0v) is 23.2. The number of nitrogens with one attached hydrogen (secondary N) is 2. The fourth-order valence-corrected chi connectivity index (χ4v) is 4.96. The van der Waals surface area contributed by atoms with Crippen molar-refractivity contribution < 1.29 is 22.7 Å². The van der Waals surface area contributed by atoms with E-state index in [-0.39, 0.29) is 22.6 Å². The number of nitrogens with zero attached hydrogens (tertiary/aromatic N) is 4. The Labute approximate surface area is 227 Å². The number of anilines is 1. The van der Waals surface area contributed by atoms with Crippen molar-refractivity contribution in [3.63, 3.8) is 0 Å². The SMILES string of the molecule is COCCNC(=O)c1cccc(Oc2cc(-c3c(C)cccc3C)nc(NS(=O)(=O)c3cnn(C)c3)n2)c1C. The number of methoxy groups -OCH3 is 1. The second kappa shape index (κ2) is 11.6. The molecule has 39 heavy (non-hydrogen) atoms. The van der Waals surface area contributed by atoms with Crippen LogP contribution in [-0.4, -0.2) is 54.3 Å². The van der Waals surface area contributed by atoms with Gasteiger partial charge in [0, 0.05) is 49.7 Å². The van der Waals surface area contributed by atoms with E-state index in [1.54, 1.807) is 45.3 Å². The van der Waals surface area contributed by atoms with E-state index >= 15 is 0 Å². The molecular formula is C27H30N6O5S. The second-order valence-electron chi connectivity index (χ2n) is 8.92. The van der Waals surface area contributed by atoms with Gasteiger partial charge in [-0.25, -0.2) is 18.1 Å². The Morgan fingerprint density at radius 1 is 1.05 bits per heavy atom. The lowest BCUT2D eigenvalue weighted by molar-refractivity contribution is 0.0936. The minimum atomic E-state index is -4.02. The molecular weight excluding hydrogens is 520 g/mol. The minimum absolute atomic E-state index is 0.0309. The first-order valence-corrected chi connectivity index (χ1v) is 13.6. The number of amides is 1. The van der Waals surface area contributed by atoms with Gasteiger partial charge in [-0.2, -0.15) is 10.1 Å². The molecule has 1 amide bonds. The topological polar surface area (TPSA) is 137 Å². The average Bonchev–Trinajstić information content (AvgIpc) is 3.32. The molecule has 0 aliphatic carbocycles. The van der Waals surface area contributed by atoms with Gasteiger partial charge in [-0.1, -0.05) is 24.3 Å². The number of rotatable bonds is 10. The molecule has 0 bridgehead atoms. The Balaban J connectivity index is 1.75. The van der Waals surface area contributed by atoms with Crippen molar-refractivity contribution in [1.82, 2.24) is 25.1 Å². The molecule has 2 N–H and O–H groups in total. The largest absolute Gasteiger partial charge is 0.439 e. The Morgan fingerprint density at radius 3 is 2.44 bits per heavy atom. The average molecular weight is 551 g/mol. The smallest absolute Gasteiger partial charge is 0.267 e. The minimum Gasteiger partial charge on any atom is -0.439 e. The number of hydrogen-bond donors (Lipinski definition) is 2. The molecule has 0 saturated heterocycles. The normalized spacial score (nSPS) is 11.3. The Morgan fingerprint density at radius 2 is 1.77 bits per heavy atom. The van der Waals surface area contributed by atoms with E-state index in [9.17, 15) is 13.2 Å². The van der Waals surface area contributed by atoms with E-state index in [4.69, 9.17) is 9.47 Å². The first kappa shape index (κ1) is 27.7. The number of aryl methyl sites for hydroxylation is 3. The van der Waals surface area contributed by atoms with Gasteiger partial charge in [-0.3, -0.25) is 9.48 Å². The molecule has 0 saturated carbocycles. The molecule has 0 fully saturated rings. The van der Waals surface area contributed by atoms with Crippen LogP contribution in [0.4, 0.5) is 5.95 Å². The lowest BCUT2D eigenvalue weighted by atomic mass is 10.00. The maximum atomic E-state index is 13.0. The van der Waals surface area contributed by atoms with Crippen LogP contribution >= 0.6 is 0 Å². The number of aromatic nitrogens is 4. The molecule has 0 spiro atoms. The van der Waals surface area contributed by atoms with E-state index in [1.165, 1.54) is 17.1 Å². The van der Waals surface area contributed by atoms with Gasteiger partial charge in [-0.15, -0.1) is 0 Å². The zero-order chi connectivity index (χ0) is 28.2. The van der Waals surface area contributed by atoms with Crippen molar-refractivity contribution in [2.45, 2.75) is 25.7 Å². The molecule has 4 aromatic rings. The lowest BCUT2D eigenvalue weighted by Gasteiger charge is -2.15. The highest BCUT2D eigenvalue weighted by molar-refractivity contribution is 7.92. The standard InChI is InChI=1S/C27H30N6O5S/c1-17-8-6-9-18(2)25(17)22-14-24(31-27(30-22)32-39(35,36)20-15-29-33(4)16-20)38-23-11-7-10-21(19(23)3)26(34)28-12-13-37-5/h6-11,14-16H,12-13H2,1-5H3,(H,28,34)(H,30,31,32). The molecule has 0 radical (unpaired) electrons. The van der Waals surface area contributed by atoms with Crippen LogP contribution in [-0.2, 0) is 21.8 Å². The highest BCUT2D eigenvalue weighted by atomic mass is 32.2. The van der Waals surface area contributed by atoms with Gasteiger partial charge in [-0.05, 0) is 44.0 Å². The van der Waals surface area contributed by atoms with Crippen LogP contribution in [0.3, 0.4) is 0 Å². The summed E-state index contributed by atoms with van der Waals surface area (Å²) in [5.74, 6) is 0.0622. The molecule has 0 atom stereocenters. The monoisotopic (exact) mass is 550 g/mol. The summed E-state index contributed by atoms with van der Waals surface area (Å²) >= 11 is 0. The maximum absolute atomic E-state index is 13.0. The predicted molar refractivity (Wildman–Crippen MR) is 146 cm³/mol. The number of benzene rings is 2. The first-order chi connectivity index (χ1) is 18.6. The third kappa shape index (κ3) is 6.41. The first-order valence-electron chi connectivity index (χ1n) is 12.1. The fraction of sp³-hybridized carbons (Fsp3) is 0.259. The van der Waals surface area contributed by atoms with Gasteiger partial charge in [0.1, 0.15) is 10.6 Å². The van der Waals surface area contributed by atoms with Gasteiger partial charge in [0.2, 0.25) is 11.8 Å². The number of ether oxygens (including phenoxy) is 2. The van der Waals surface area contributed by atoms with E-state index in [0.29, 0.717) is 35.7 Å².